The van der Waals surface area contributed by atoms with Crippen molar-refractivity contribution in [3.05, 3.63) is 64.7 Å². The molecule has 0 atom stereocenters. The van der Waals surface area contributed by atoms with Crippen LogP contribution in [0.1, 0.15) is 42.0 Å². The molecule has 3 aromatic rings. The lowest BCUT2D eigenvalue weighted by molar-refractivity contribution is -0.645. The molecule has 0 aliphatic carbocycles. The average molecular weight is 288 g/mol. The number of aryl methyl sites for hydroxylation is 2. The Bertz CT molecular complexity index is 903. The summed E-state index contributed by atoms with van der Waals surface area (Å²) in [6, 6.07) is 16.0. The molecule has 22 heavy (non-hydrogen) atoms. The molecular weight excluding hydrogens is 266 g/mol. The van der Waals surface area contributed by atoms with Crippen LogP contribution in [0.25, 0.3) is 22.2 Å². The highest BCUT2D eigenvalue weighted by molar-refractivity contribution is 5.83. The number of benzene rings is 2. The van der Waals surface area contributed by atoms with Crippen LogP contribution in [0, 0.1) is 13.8 Å². The number of fused-ring (bicyclic) bond motifs is 5. The van der Waals surface area contributed by atoms with E-state index in [1.54, 1.807) is 0 Å². The lowest BCUT2D eigenvalue weighted by Crippen LogP contribution is -2.33. The number of hydrogen-bond acceptors (Lipinski definition) is 0. The summed E-state index contributed by atoms with van der Waals surface area (Å²) in [4.78, 5) is 0. The number of nitrogens with zero attached hydrogens (tertiary/aromatic N) is 1. The Hall–Kier alpha value is -2.15. The molecule has 1 nitrogen and oxygen atoms in total. The van der Waals surface area contributed by atoms with Gasteiger partial charge in [0.05, 0.1) is 5.56 Å². The van der Waals surface area contributed by atoms with Crippen LogP contribution in [0.15, 0.2) is 42.5 Å². The molecule has 1 heteroatoms. The Morgan fingerprint density at radius 3 is 2.59 bits per heavy atom. The van der Waals surface area contributed by atoms with Gasteiger partial charge in [0.25, 0.3) is 0 Å². The van der Waals surface area contributed by atoms with Gasteiger partial charge in [-0.3, -0.25) is 0 Å². The van der Waals surface area contributed by atoms with Crippen LogP contribution in [0.4, 0.5) is 0 Å². The Labute approximate surface area is 132 Å². The smallest absolute Gasteiger partial charge is 0.187 e. The number of aromatic nitrogens is 1. The highest BCUT2D eigenvalue weighted by Gasteiger charge is 2.30. The largest absolute Gasteiger partial charge is 0.213 e. The van der Waals surface area contributed by atoms with Crippen molar-refractivity contribution >= 4 is 10.9 Å². The van der Waals surface area contributed by atoms with Crippen LogP contribution in [-0.2, 0) is 6.54 Å². The van der Waals surface area contributed by atoms with Crippen molar-refractivity contribution in [2.24, 2.45) is 0 Å². The highest BCUT2D eigenvalue weighted by atomic mass is 15.0. The summed E-state index contributed by atoms with van der Waals surface area (Å²) in [5.74, 6) is 0.551. The summed E-state index contributed by atoms with van der Waals surface area (Å²) >= 11 is 0. The van der Waals surface area contributed by atoms with Crippen molar-refractivity contribution in [3.63, 3.8) is 0 Å². The second-order valence-corrected chi connectivity index (χ2v) is 6.85. The zero-order valence-corrected chi connectivity index (χ0v) is 13.8. The summed E-state index contributed by atoms with van der Waals surface area (Å²) < 4.78 is 2.48. The Morgan fingerprint density at radius 1 is 1.00 bits per heavy atom. The van der Waals surface area contributed by atoms with Gasteiger partial charge in [-0.1, -0.05) is 32.0 Å². The zero-order valence-electron chi connectivity index (χ0n) is 13.8. The van der Waals surface area contributed by atoms with Crippen molar-refractivity contribution in [1.82, 2.24) is 0 Å². The molecule has 0 fully saturated rings. The third kappa shape index (κ3) is 1.81. The van der Waals surface area contributed by atoms with Crippen LogP contribution in [0.2, 0.25) is 0 Å². The van der Waals surface area contributed by atoms with E-state index >= 15 is 0 Å². The molecule has 2 heterocycles. The molecule has 1 aromatic heterocycles. The predicted octanol–water partition coefficient (Wildman–Crippen LogP) is 4.90. The van der Waals surface area contributed by atoms with E-state index in [2.05, 4.69) is 74.7 Å². The van der Waals surface area contributed by atoms with Gasteiger partial charge in [0, 0.05) is 23.1 Å². The standard InChI is InChI=1S/C21H22N/c1-13(2)16-6-5-7-20-17(16)8-9-21-18-11-14(3)10-15(4)19(18)12-22(20)21/h5-11,13H,12H2,1-4H3/q+1. The van der Waals surface area contributed by atoms with Gasteiger partial charge in [0.2, 0.25) is 11.2 Å². The SMILES string of the molecule is Cc1cc(C)c2c(c1)-c1ccc3c(C(C)C)cccc3[n+]1C2. The molecule has 0 bridgehead atoms. The summed E-state index contributed by atoms with van der Waals surface area (Å²) in [5, 5.41) is 1.39. The number of pyridine rings is 1. The zero-order chi connectivity index (χ0) is 15.4. The van der Waals surface area contributed by atoms with E-state index in [9.17, 15) is 0 Å². The third-order valence-electron chi connectivity index (χ3n) is 4.94. The molecule has 0 saturated carbocycles. The second-order valence-electron chi connectivity index (χ2n) is 6.85. The summed E-state index contributed by atoms with van der Waals surface area (Å²) in [5.41, 5.74) is 9.80. The van der Waals surface area contributed by atoms with Gasteiger partial charge in [0.15, 0.2) is 6.54 Å². The lowest BCUT2D eigenvalue weighted by Gasteiger charge is -2.09. The predicted molar refractivity (Wildman–Crippen MR) is 92.2 cm³/mol. The van der Waals surface area contributed by atoms with E-state index in [4.69, 9.17) is 0 Å². The number of rotatable bonds is 1. The quantitative estimate of drug-likeness (QED) is 0.439. The topological polar surface area (TPSA) is 3.88 Å². The minimum Gasteiger partial charge on any atom is -0.187 e. The Morgan fingerprint density at radius 2 is 1.82 bits per heavy atom. The fraction of sp³-hybridized carbons (Fsp3) is 0.286. The van der Waals surface area contributed by atoms with Crippen LogP contribution in [-0.4, -0.2) is 0 Å². The monoisotopic (exact) mass is 288 g/mol. The first-order chi connectivity index (χ1) is 10.6. The van der Waals surface area contributed by atoms with E-state index in [0.29, 0.717) is 5.92 Å². The fourth-order valence-electron chi connectivity index (χ4n) is 3.87. The van der Waals surface area contributed by atoms with Crippen LogP contribution >= 0.6 is 0 Å². The van der Waals surface area contributed by atoms with E-state index < -0.39 is 0 Å². The van der Waals surface area contributed by atoms with Crippen LogP contribution in [0.5, 0.6) is 0 Å². The maximum Gasteiger partial charge on any atom is 0.213 e. The molecule has 0 saturated heterocycles. The molecule has 2 aromatic carbocycles. The number of hydrogen-bond donors (Lipinski definition) is 0. The van der Waals surface area contributed by atoms with Crippen molar-refractivity contribution in [2.75, 3.05) is 0 Å². The van der Waals surface area contributed by atoms with E-state index in [-0.39, 0.29) is 0 Å². The van der Waals surface area contributed by atoms with Gasteiger partial charge >= 0.3 is 0 Å². The first-order valence-electron chi connectivity index (χ1n) is 8.12. The fourth-order valence-corrected chi connectivity index (χ4v) is 3.87. The van der Waals surface area contributed by atoms with Crippen molar-refractivity contribution < 1.29 is 4.57 Å². The third-order valence-corrected chi connectivity index (χ3v) is 4.94. The first kappa shape index (κ1) is 13.5. The Kier molecular flexibility index (Phi) is 2.87. The summed E-state index contributed by atoms with van der Waals surface area (Å²) in [7, 11) is 0. The van der Waals surface area contributed by atoms with Crippen molar-refractivity contribution in [3.8, 4) is 11.3 Å². The maximum atomic E-state index is 2.48. The minimum absolute atomic E-state index is 0.551. The van der Waals surface area contributed by atoms with Gasteiger partial charge in [-0.2, -0.15) is 4.57 Å². The van der Waals surface area contributed by atoms with Gasteiger partial charge in [-0.25, -0.2) is 0 Å². The van der Waals surface area contributed by atoms with Gasteiger partial charge < -0.3 is 0 Å². The van der Waals surface area contributed by atoms with E-state index in [1.807, 2.05) is 0 Å². The van der Waals surface area contributed by atoms with Crippen LogP contribution < -0.4 is 4.57 Å². The highest BCUT2D eigenvalue weighted by Crippen LogP contribution is 2.33. The minimum atomic E-state index is 0.551. The molecule has 0 unspecified atom stereocenters. The van der Waals surface area contributed by atoms with E-state index in [1.165, 1.54) is 44.4 Å². The molecule has 0 radical (unpaired) electrons. The first-order valence-corrected chi connectivity index (χ1v) is 8.12. The van der Waals surface area contributed by atoms with Gasteiger partial charge in [0.1, 0.15) is 0 Å². The average Bonchev–Trinajstić information content (AvgIpc) is 2.86. The van der Waals surface area contributed by atoms with Crippen molar-refractivity contribution in [1.29, 1.82) is 0 Å². The van der Waals surface area contributed by atoms with Crippen molar-refractivity contribution in [2.45, 2.75) is 40.2 Å². The lowest BCUT2D eigenvalue weighted by atomic mass is 9.97. The summed E-state index contributed by atoms with van der Waals surface area (Å²) in [6.07, 6.45) is 0. The van der Waals surface area contributed by atoms with Gasteiger partial charge in [-0.15, -0.1) is 0 Å². The Balaban J connectivity index is 2.03. The van der Waals surface area contributed by atoms with Gasteiger partial charge in [-0.05, 0) is 48.6 Å². The normalized spacial score (nSPS) is 12.8. The second kappa shape index (κ2) is 4.67. The molecule has 0 spiro atoms. The van der Waals surface area contributed by atoms with E-state index in [0.717, 1.165) is 6.54 Å². The summed E-state index contributed by atoms with van der Waals surface area (Å²) in [6.45, 7) is 9.97. The molecule has 1 aliphatic rings. The molecule has 110 valence electrons. The maximum absolute atomic E-state index is 2.48. The molecular formula is C21H22N+. The molecule has 4 rings (SSSR count). The molecule has 0 amide bonds. The molecule has 1 aliphatic heterocycles. The van der Waals surface area contributed by atoms with Crippen LogP contribution in [0.3, 0.4) is 0 Å². The molecule has 0 N–H and O–H groups in total.